The third-order valence-corrected chi connectivity index (χ3v) is 8.31. The van der Waals surface area contributed by atoms with E-state index in [1.807, 2.05) is 16.0 Å². The summed E-state index contributed by atoms with van der Waals surface area (Å²) < 4.78 is 30.1. The highest BCUT2D eigenvalue weighted by Crippen LogP contribution is 2.34. The SMILES string of the molecule is O=[N+]([O-])c1cccc(-c2nc3sccn3c2-c2ccnc(NCCCNS(=O)(=O)c3ccc(Br)cc3)n2)c1. The van der Waals surface area contributed by atoms with E-state index < -0.39 is 14.9 Å². The molecule has 0 aliphatic heterocycles. The lowest BCUT2D eigenvalue weighted by molar-refractivity contribution is -0.384. The summed E-state index contributed by atoms with van der Waals surface area (Å²) in [5, 5.41) is 16.3. The number of halogens is 1. The Hall–Kier alpha value is -3.72. The molecule has 3 heterocycles. The standard InChI is InChI=1S/C24H20BrN7O4S2/c25-17-5-7-19(8-6-17)38(35,36)28-11-2-10-26-23-27-12-9-20(29-23)22-21(30-24-31(22)13-14-37-24)16-3-1-4-18(15-16)32(33)34/h1,3-9,12-15,28H,2,10-11H2,(H,26,27,29). The number of hydrogen-bond acceptors (Lipinski definition) is 9. The van der Waals surface area contributed by atoms with Crippen LogP contribution in [0.15, 0.2) is 81.7 Å². The van der Waals surface area contributed by atoms with Crippen molar-refractivity contribution in [2.45, 2.75) is 11.3 Å². The number of non-ortho nitro benzene ring substituents is 1. The average molecular weight is 615 g/mol. The maximum absolute atomic E-state index is 12.4. The monoisotopic (exact) mass is 613 g/mol. The minimum absolute atomic E-state index is 0.0226. The molecule has 0 radical (unpaired) electrons. The van der Waals surface area contributed by atoms with Gasteiger partial charge in [0.15, 0.2) is 4.96 Å². The van der Waals surface area contributed by atoms with Crippen molar-refractivity contribution in [3.63, 3.8) is 0 Å². The summed E-state index contributed by atoms with van der Waals surface area (Å²) in [5.74, 6) is 0.369. The molecule has 3 aromatic heterocycles. The van der Waals surface area contributed by atoms with Gasteiger partial charge < -0.3 is 5.32 Å². The van der Waals surface area contributed by atoms with Crippen LogP contribution in [0.25, 0.3) is 27.6 Å². The van der Waals surface area contributed by atoms with E-state index in [1.54, 1.807) is 36.5 Å². The molecule has 194 valence electrons. The molecule has 14 heteroatoms. The van der Waals surface area contributed by atoms with E-state index in [9.17, 15) is 18.5 Å². The van der Waals surface area contributed by atoms with E-state index in [1.165, 1.54) is 35.6 Å². The number of hydrogen-bond donors (Lipinski definition) is 2. The first-order chi connectivity index (χ1) is 18.3. The molecular formula is C24H20BrN7O4S2. The van der Waals surface area contributed by atoms with Crippen LogP contribution in [0, 0.1) is 10.1 Å². The molecule has 0 bridgehead atoms. The number of nitrogens with zero attached hydrogens (tertiary/aromatic N) is 5. The van der Waals surface area contributed by atoms with Gasteiger partial charge in [-0.3, -0.25) is 14.5 Å². The van der Waals surface area contributed by atoms with Crippen LogP contribution < -0.4 is 10.0 Å². The molecule has 38 heavy (non-hydrogen) atoms. The van der Waals surface area contributed by atoms with Crippen LogP contribution in [0.5, 0.6) is 0 Å². The minimum Gasteiger partial charge on any atom is -0.354 e. The number of rotatable bonds is 10. The van der Waals surface area contributed by atoms with Crippen molar-refractivity contribution in [1.82, 2.24) is 24.1 Å². The van der Waals surface area contributed by atoms with Gasteiger partial charge >= 0.3 is 0 Å². The lowest BCUT2D eigenvalue weighted by Gasteiger charge is -2.09. The van der Waals surface area contributed by atoms with Crippen LogP contribution >= 0.6 is 27.3 Å². The van der Waals surface area contributed by atoms with E-state index >= 15 is 0 Å². The molecule has 0 aliphatic carbocycles. The Kier molecular flexibility index (Phi) is 7.46. The lowest BCUT2D eigenvalue weighted by Crippen LogP contribution is -2.26. The topological polar surface area (TPSA) is 144 Å². The number of imidazole rings is 1. The number of nitro groups is 1. The number of thiazole rings is 1. The fourth-order valence-corrected chi connectivity index (χ4v) is 5.82. The first-order valence-corrected chi connectivity index (χ1v) is 14.5. The molecule has 0 aliphatic rings. The first-order valence-electron chi connectivity index (χ1n) is 11.3. The molecule has 11 nitrogen and oxygen atoms in total. The Labute approximate surface area is 229 Å². The Morgan fingerprint density at radius 1 is 1.08 bits per heavy atom. The van der Waals surface area contributed by atoms with Gasteiger partial charge in [-0.2, -0.15) is 0 Å². The Bertz CT molecular complexity index is 1720. The van der Waals surface area contributed by atoms with Gasteiger partial charge in [0.1, 0.15) is 11.4 Å². The van der Waals surface area contributed by atoms with Crippen molar-refractivity contribution in [2.75, 3.05) is 18.4 Å². The van der Waals surface area contributed by atoms with Crippen molar-refractivity contribution < 1.29 is 13.3 Å². The van der Waals surface area contributed by atoms with E-state index in [-0.39, 0.29) is 17.1 Å². The molecule has 0 saturated carbocycles. The predicted octanol–water partition coefficient (Wildman–Crippen LogP) is 4.97. The highest BCUT2D eigenvalue weighted by atomic mass is 79.9. The molecule has 5 rings (SSSR count). The highest BCUT2D eigenvalue weighted by molar-refractivity contribution is 9.10. The van der Waals surface area contributed by atoms with Crippen molar-refractivity contribution in [2.24, 2.45) is 0 Å². The number of benzene rings is 2. The summed E-state index contributed by atoms with van der Waals surface area (Å²) >= 11 is 4.74. The zero-order chi connectivity index (χ0) is 26.7. The van der Waals surface area contributed by atoms with Gasteiger partial charge in [0.2, 0.25) is 16.0 Å². The van der Waals surface area contributed by atoms with Crippen molar-refractivity contribution in [3.05, 3.63) is 87.0 Å². The zero-order valence-corrected chi connectivity index (χ0v) is 22.8. The van der Waals surface area contributed by atoms with Crippen LogP contribution in [0.4, 0.5) is 11.6 Å². The average Bonchev–Trinajstić information content (AvgIpc) is 3.50. The summed E-state index contributed by atoms with van der Waals surface area (Å²) in [6.07, 6.45) is 3.99. The molecule has 0 spiro atoms. The van der Waals surface area contributed by atoms with Crippen LogP contribution in [-0.4, -0.2) is 45.8 Å². The minimum atomic E-state index is -3.59. The summed E-state index contributed by atoms with van der Waals surface area (Å²) in [6, 6.07) is 14.5. The number of aromatic nitrogens is 4. The second kappa shape index (κ2) is 10.9. The molecule has 0 fully saturated rings. The summed E-state index contributed by atoms with van der Waals surface area (Å²) in [7, 11) is -3.59. The lowest BCUT2D eigenvalue weighted by atomic mass is 10.1. The molecule has 0 amide bonds. The molecule has 0 saturated heterocycles. The van der Waals surface area contributed by atoms with Crippen LogP contribution in [0.1, 0.15) is 6.42 Å². The van der Waals surface area contributed by atoms with E-state index in [4.69, 9.17) is 4.98 Å². The fraction of sp³-hybridized carbons (Fsp3) is 0.125. The molecule has 2 aromatic carbocycles. The van der Waals surface area contributed by atoms with Gasteiger partial charge in [-0.15, -0.1) is 11.3 Å². The van der Waals surface area contributed by atoms with Gasteiger partial charge in [0, 0.05) is 53.0 Å². The predicted molar refractivity (Wildman–Crippen MR) is 149 cm³/mol. The van der Waals surface area contributed by atoms with Crippen molar-refractivity contribution in [1.29, 1.82) is 0 Å². The number of nitro benzene ring substituents is 1. The number of nitrogens with one attached hydrogen (secondary N) is 2. The van der Waals surface area contributed by atoms with Crippen molar-refractivity contribution >= 4 is 53.9 Å². The second-order valence-electron chi connectivity index (χ2n) is 8.07. The Morgan fingerprint density at radius 2 is 1.89 bits per heavy atom. The largest absolute Gasteiger partial charge is 0.354 e. The normalized spacial score (nSPS) is 11.6. The van der Waals surface area contributed by atoms with Gasteiger partial charge in [-0.1, -0.05) is 28.1 Å². The fourth-order valence-electron chi connectivity index (χ4n) is 3.77. The maximum atomic E-state index is 12.4. The number of fused-ring (bicyclic) bond motifs is 1. The summed E-state index contributed by atoms with van der Waals surface area (Å²) in [6.45, 7) is 0.671. The van der Waals surface area contributed by atoms with Gasteiger partial charge in [0.25, 0.3) is 5.69 Å². The zero-order valence-electron chi connectivity index (χ0n) is 19.6. The molecular weight excluding hydrogens is 594 g/mol. The summed E-state index contributed by atoms with van der Waals surface area (Å²) in [5.41, 5.74) is 2.44. The number of sulfonamides is 1. The smallest absolute Gasteiger partial charge is 0.270 e. The Balaban J connectivity index is 1.30. The van der Waals surface area contributed by atoms with Gasteiger partial charge in [0.05, 0.1) is 15.5 Å². The molecule has 5 aromatic rings. The number of anilines is 1. The second-order valence-corrected chi connectivity index (χ2v) is 11.6. The Morgan fingerprint density at radius 3 is 2.68 bits per heavy atom. The first kappa shape index (κ1) is 25.9. The van der Waals surface area contributed by atoms with Gasteiger partial charge in [-0.25, -0.2) is 28.1 Å². The molecule has 2 N–H and O–H groups in total. The quantitative estimate of drug-likeness (QED) is 0.128. The molecule has 0 unspecified atom stereocenters. The third-order valence-electron chi connectivity index (χ3n) is 5.54. The van der Waals surface area contributed by atoms with Crippen molar-refractivity contribution in [3.8, 4) is 22.6 Å². The third kappa shape index (κ3) is 5.57. The van der Waals surface area contributed by atoms with Crippen LogP contribution in [0.3, 0.4) is 0 Å². The van der Waals surface area contributed by atoms with Crippen LogP contribution in [-0.2, 0) is 10.0 Å². The van der Waals surface area contributed by atoms with E-state index in [0.29, 0.717) is 41.6 Å². The summed E-state index contributed by atoms with van der Waals surface area (Å²) in [4.78, 5) is 25.4. The highest BCUT2D eigenvalue weighted by Gasteiger charge is 2.20. The van der Waals surface area contributed by atoms with E-state index in [2.05, 4.69) is 35.9 Å². The van der Waals surface area contributed by atoms with Gasteiger partial charge in [-0.05, 0) is 36.8 Å². The maximum Gasteiger partial charge on any atom is 0.270 e. The van der Waals surface area contributed by atoms with E-state index in [0.717, 1.165) is 9.43 Å². The van der Waals surface area contributed by atoms with Crippen LogP contribution in [0.2, 0.25) is 0 Å². The molecule has 0 atom stereocenters.